The lowest BCUT2D eigenvalue weighted by atomic mass is 10.2. The van der Waals surface area contributed by atoms with Crippen molar-refractivity contribution < 1.29 is 14.3 Å². The van der Waals surface area contributed by atoms with E-state index in [4.69, 9.17) is 9.47 Å². The number of ether oxygens (including phenoxy) is 2. The zero-order valence-electron chi connectivity index (χ0n) is 12.3. The lowest BCUT2D eigenvalue weighted by Crippen LogP contribution is -2.45. The number of aromatic nitrogens is 1. The molecule has 0 fully saturated rings. The highest BCUT2D eigenvalue weighted by Crippen LogP contribution is 2.30. The van der Waals surface area contributed by atoms with Crippen LogP contribution < -0.4 is 20.5 Å². The molecule has 1 aromatic heterocycles. The third-order valence-electron chi connectivity index (χ3n) is 3.38. The maximum atomic E-state index is 12.3. The number of aryl methyl sites for hydroxylation is 2. The van der Waals surface area contributed by atoms with Gasteiger partial charge in [0.05, 0.1) is 0 Å². The normalized spacial score (nSPS) is 16.2. The number of para-hydroxylation sites is 2. The summed E-state index contributed by atoms with van der Waals surface area (Å²) >= 11 is 0. The fraction of sp³-hybridized carbons (Fsp3) is 0.250. The summed E-state index contributed by atoms with van der Waals surface area (Å²) in [5.41, 5.74) is 3.77. The van der Waals surface area contributed by atoms with E-state index in [0.29, 0.717) is 17.2 Å². The Bertz CT molecular complexity index is 782. The maximum Gasteiger partial charge on any atom is 0.283 e. The van der Waals surface area contributed by atoms with Crippen LogP contribution in [0.5, 0.6) is 11.5 Å². The van der Waals surface area contributed by atoms with Gasteiger partial charge in [0.15, 0.2) is 11.5 Å². The molecule has 2 aromatic rings. The molecule has 1 aliphatic heterocycles. The Hall–Kier alpha value is -2.76. The molecule has 2 heterocycles. The number of pyridine rings is 1. The van der Waals surface area contributed by atoms with Crippen molar-refractivity contribution in [1.29, 1.82) is 0 Å². The van der Waals surface area contributed by atoms with Crippen LogP contribution in [-0.4, -0.2) is 23.3 Å². The van der Waals surface area contributed by atoms with Crippen LogP contribution in [-0.2, 0) is 4.79 Å². The fourth-order valence-electron chi connectivity index (χ4n) is 2.34. The maximum absolute atomic E-state index is 12.3. The predicted molar refractivity (Wildman–Crippen MR) is 80.9 cm³/mol. The summed E-state index contributed by atoms with van der Waals surface area (Å²) < 4.78 is 12.3. The van der Waals surface area contributed by atoms with Crippen LogP contribution in [0.3, 0.4) is 0 Å². The summed E-state index contributed by atoms with van der Waals surface area (Å²) in [5.74, 6) is 0.695. The van der Waals surface area contributed by atoms with Crippen LogP contribution in [0.25, 0.3) is 0 Å². The zero-order chi connectivity index (χ0) is 15.7. The smallest absolute Gasteiger partial charge is 0.283 e. The van der Waals surface area contributed by atoms with Crippen LogP contribution in [0.15, 0.2) is 41.2 Å². The van der Waals surface area contributed by atoms with Crippen molar-refractivity contribution in [2.45, 2.75) is 20.0 Å². The van der Waals surface area contributed by atoms with Crippen LogP contribution in [0, 0.1) is 13.8 Å². The van der Waals surface area contributed by atoms with Crippen molar-refractivity contribution in [3.05, 3.63) is 58.0 Å². The molecule has 6 heteroatoms. The van der Waals surface area contributed by atoms with Gasteiger partial charge in [-0.3, -0.25) is 15.0 Å². The number of nitrogens with one attached hydrogen (secondary N) is 1. The van der Waals surface area contributed by atoms with Crippen LogP contribution in [0.4, 0.5) is 0 Å². The number of rotatable bonds is 2. The summed E-state index contributed by atoms with van der Waals surface area (Å²) in [6, 6.07) is 10.4. The molecular formula is C16H16N2O4. The zero-order valence-corrected chi connectivity index (χ0v) is 12.3. The van der Waals surface area contributed by atoms with E-state index in [-0.39, 0.29) is 12.2 Å². The molecule has 22 heavy (non-hydrogen) atoms. The Morgan fingerprint density at radius 2 is 1.95 bits per heavy atom. The monoisotopic (exact) mass is 300 g/mol. The van der Waals surface area contributed by atoms with Crippen LogP contribution >= 0.6 is 0 Å². The number of carbonyl (C=O) groups is 1. The fourth-order valence-corrected chi connectivity index (χ4v) is 2.34. The minimum absolute atomic E-state index is 0.0997. The number of hydrogen-bond donors (Lipinski definition) is 1. The second kappa shape index (κ2) is 5.55. The minimum atomic E-state index is -0.803. The highest BCUT2D eigenvalue weighted by molar-refractivity contribution is 5.88. The molecule has 3 rings (SSSR count). The molecule has 1 atom stereocenters. The molecule has 6 nitrogen and oxygen atoms in total. The predicted octanol–water partition coefficient (Wildman–Crippen LogP) is 1.38. The first kappa shape index (κ1) is 14.2. The standard InChI is InChI=1S/C16H16N2O4/c1-10-7-11(2)18(15(19)8-10)17-16(20)14-9-21-12-5-3-4-6-13(12)22-14/h3-8,14H,9H2,1-2H3,(H,17,20). The van der Waals surface area contributed by atoms with Crippen molar-refractivity contribution in [2.24, 2.45) is 0 Å². The molecule has 0 spiro atoms. The van der Waals surface area contributed by atoms with Crippen molar-refractivity contribution in [3.63, 3.8) is 0 Å². The first-order chi connectivity index (χ1) is 10.5. The number of carbonyl (C=O) groups excluding carboxylic acids is 1. The molecule has 1 amide bonds. The molecule has 1 aromatic carbocycles. The van der Waals surface area contributed by atoms with Gasteiger partial charge in [-0.2, -0.15) is 0 Å². The van der Waals surface area contributed by atoms with E-state index >= 15 is 0 Å². The van der Waals surface area contributed by atoms with Gasteiger partial charge in [0.25, 0.3) is 11.5 Å². The minimum Gasteiger partial charge on any atom is -0.485 e. The van der Waals surface area contributed by atoms with Gasteiger partial charge in [-0.15, -0.1) is 0 Å². The third-order valence-corrected chi connectivity index (χ3v) is 3.38. The Balaban J connectivity index is 1.78. The molecule has 1 aliphatic rings. The highest BCUT2D eigenvalue weighted by Gasteiger charge is 2.27. The van der Waals surface area contributed by atoms with Crippen LogP contribution in [0.1, 0.15) is 11.3 Å². The summed E-state index contributed by atoms with van der Waals surface area (Å²) in [7, 11) is 0. The first-order valence-electron chi connectivity index (χ1n) is 6.94. The molecule has 0 saturated heterocycles. The second-order valence-electron chi connectivity index (χ2n) is 5.19. The molecule has 0 aliphatic carbocycles. The second-order valence-corrected chi connectivity index (χ2v) is 5.19. The van der Waals surface area contributed by atoms with E-state index in [1.807, 2.05) is 19.1 Å². The van der Waals surface area contributed by atoms with Gasteiger partial charge >= 0.3 is 0 Å². The molecule has 1 N–H and O–H groups in total. The Morgan fingerprint density at radius 3 is 2.68 bits per heavy atom. The van der Waals surface area contributed by atoms with E-state index in [2.05, 4.69) is 5.43 Å². The molecule has 0 radical (unpaired) electrons. The molecule has 114 valence electrons. The Morgan fingerprint density at radius 1 is 1.23 bits per heavy atom. The average molecular weight is 300 g/mol. The number of fused-ring (bicyclic) bond motifs is 1. The topological polar surface area (TPSA) is 69.6 Å². The largest absolute Gasteiger partial charge is 0.485 e. The Kier molecular flexibility index (Phi) is 3.58. The van der Waals surface area contributed by atoms with Crippen molar-refractivity contribution in [1.82, 2.24) is 4.68 Å². The first-order valence-corrected chi connectivity index (χ1v) is 6.94. The van der Waals surface area contributed by atoms with Gasteiger partial charge in [0.2, 0.25) is 6.10 Å². The lowest BCUT2D eigenvalue weighted by Gasteiger charge is -2.26. The number of hydrogen-bond acceptors (Lipinski definition) is 4. The molecule has 0 bridgehead atoms. The molecule has 0 saturated carbocycles. The van der Waals surface area contributed by atoms with Crippen molar-refractivity contribution in [2.75, 3.05) is 12.0 Å². The lowest BCUT2D eigenvalue weighted by molar-refractivity contribution is -0.126. The van der Waals surface area contributed by atoms with E-state index < -0.39 is 12.0 Å². The van der Waals surface area contributed by atoms with Gasteiger partial charge < -0.3 is 9.47 Å². The van der Waals surface area contributed by atoms with Crippen molar-refractivity contribution >= 4 is 5.91 Å². The quantitative estimate of drug-likeness (QED) is 0.909. The number of nitrogens with zero attached hydrogens (tertiary/aromatic N) is 1. The van der Waals surface area contributed by atoms with Gasteiger partial charge in [0, 0.05) is 11.8 Å². The SMILES string of the molecule is Cc1cc(C)n(NC(=O)C2COc3ccccc3O2)c(=O)c1. The summed E-state index contributed by atoms with van der Waals surface area (Å²) in [6.07, 6.45) is -0.803. The van der Waals surface area contributed by atoms with Gasteiger partial charge in [-0.1, -0.05) is 12.1 Å². The summed E-state index contributed by atoms with van der Waals surface area (Å²) in [4.78, 5) is 24.2. The Labute approximate surface area is 127 Å². The summed E-state index contributed by atoms with van der Waals surface area (Å²) in [5, 5.41) is 0. The molecule has 1 unspecified atom stereocenters. The highest BCUT2D eigenvalue weighted by atomic mass is 16.6. The number of benzene rings is 1. The van der Waals surface area contributed by atoms with Gasteiger partial charge in [-0.25, -0.2) is 4.68 Å². The van der Waals surface area contributed by atoms with E-state index in [9.17, 15) is 9.59 Å². The molecular weight excluding hydrogens is 284 g/mol. The van der Waals surface area contributed by atoms with E-state index in [0.717, 1.165) is 5.56 Å². The van der Waals surface area contributed by atoms with Crippen LogP contribution in [0.2, 0.25) is 0 Å². The van der Waals surface area contributed by atoms with E-state index in [1.54, 1.807) is 25.1 Å². The average Bonchev–Trinajstić information content (AvgIpc) is 2.50. The summed E-state index contributed by atoms with van der Waals surface area (Å²) in [6.45, 7) is 3.68. The van der Waals surface area contributed by atoms with Crippen molar-refractivity contribution in [3.8, 4) is 11.5 Å². The van der Waals surface area contributed by atoms with E-state index in [1.165, 1.54) is 10.7 Å². The van der Waals surface area contributed by atoms with Gasteiger partial charge in [-0.05, 0) is 37.6 Å². The number of amides is 1. The third kappa shape index (κ3) is 2.67. The van der Waals surface area contributed by atoms with Gasteiger partial charge in [0.1, 0.15) is 6.61 Å².